The Balaban J connectivity index is 2.33. The molecule has 4 nitrogen and oxygen atoms in total. The van der Waals surface area contributed by atoms with Crippen LogP contribution in [0.3, 0.4) is 0 Å². The van der Waals surface area contributed by atoms with E-state index in [2.05, 4.69) is 10.3 Å². The molecule has 2 unspecified atom stereocenters. The van der Waals surface area contributed by atoms with Gasteiger partial charge in [-0.1, -0.05) is 0 Å². The summed E-state index contributed by atoms with van der Waals surface area (Å²) in [5.74, 6) is 0. The Bertz CT molecular complexity index is 267. The predicted molar refractivity (Wildman–Crippen MR) is 58.5 cm³/mol. The number of rotatable bonds is 6. The first kappa shape index (κ1) is 12.1. The molecule has 0 radical (unpaired) electrons. The molecule has 2 atom stereocenters. The summed E-state index contributed by atoms with van der Waals surface area (Å²) in [4.78, 5) is 3.90. The fourth-order valence-corrected chi connectivity index (χ4v) is 1.33. The number of ether oxygens (including phenoxy) is 1. The van der Waals surface area contributed by atoms with Crippen molar-refractivity contribution in [3.63, 3.8) is 0 Å². The predicted octanol–water partition coefficient (Wildman–Crippen LogP) is 0.739. The van der Waals surface area contributed by atoms with Crippen molar-refractivity contribution in [2.75, 3.05) is 20.3 Å². The number of aromatic nitrogens is 1. The van der Waals surface area contributed by atoms with Crippen LogP contribution in [-0.4, -0.2) is 36.4 Å². The first-order valence-electron chi connectivity index (χ1n) is 5.04. The Morgan fingerprint density at radius 1 is 1.47 bits per heavy atom. The molecule has 0 aliphatic rings. The van der Waals surface area contributed by atoms with Crippen molar-refractivity contribution in [3.8, 4) is 0 Å². The number of aliphatic hydroxyl groups excluding tert-OH is 1. The molecule has 0 aliphatic carbocycles. The van der Waals surface area contributed by atoms with Gasteiger partial charge in [-0.25, -0.2) is 0 Å². The zero-order valence-electron chi connectivity index (χ0n) is 9.18. The lowest BCUT2D eigenvalue weighted by atomic mass is 10.1. The molecule has 1 aromatic rings. The third kappa shape index (κ3) is 4.38. The minimum Gasteiger partial charge on any atom is -0.387 e. The Morgan fingerprint density at radius 3 is 2.73 bits per heavy atom. The largest absolute Gasteiger partial charge is 0.387 e. The maximum Gasteiger partial charge on any atom is 0.0915 e. The molecule has 4 heteroatoms. The van der Waals surface area contributed by atoms with Crippen molar-refractivity contribution in [2.24, 2.45) is 0 Å². The van der Waals surface area contributed by atoms with Crippen LogP contribution in [0.15, 0.2) is 24.5 Å². The molecule has 0 aliphatic heterocycles. The van der Waals surface area contributed by atoms with Gasteiger partial charge in [0.1, 0.15) is 0 Å². The molecule has 0 saturated heterocycles. The van der Waals surface area contributed by atoms with E-state index in [4.69, 9.17) is 4.74 Å². The van der Waals surface area contributed by atoms with Crippen LogP contribution in [0.25, 0.3) is 0 Å². The van der Waals surface area contributed by atoms with Crippen LogP contribution in [0.4, 0.5) is 0 Å². The molecule has 15 heavy (non-hydrogen) atoms. The number of pyridine rings is 1. The monoisotopic (exact) mass is 210 g/mol. The van der Waals surface area contributed by atoms with Crippen molar-refractivity contribution in [3.05, 3.63) is 30.1 Å². The maximum atomic E-state index is 9.81. The molecule has 0 aromatic carbocycles. The summed E-state index contributed by atoms with van der Waals surface area (Å²) in [5.41, 5.74) is 0.877. The van der Waals surface area contributed by atoms with Crippen LogP contribution in [0, 0.1) is 0 Å². The van der Waals surface area contributed by atoms with Gasteiger partial charge in [-0.3, -0.25) is 4.98 Å². The zero-order chi connectivity index (χ0) is 11.1. The second-order valence-corrected chi connectivity index (χ2v) is 3.56. The Labute approximate surface area is 90.3 Å². The van der Waals surface area contributed by atoms with Crippen LogP contribution in [0.1, 0.15) is 18.6 Å². The average Bonchev–Trinajstić information content (AvgIpc) is 2.27. The van der Waals surface area contributed by atoms with Gasteiger partial charge < -0.3 is 15.2 Å². The summed E-state index contributed by atoms with van der Waals surface area (Å²) in [6.45, 7) is 3.18. The Hall–Kier alpha value is -0.970. The highest BCUT2D eigenvalue weighted by molar-refractivity contribution is 5.13. The van der Waals surface area contributed by atoms with Gasteiger partial charge in [0.05, 0.1) is 12.7 Å². The summed E-state index contributed by atoms with van der Waals surface area (Å²) >= 11 is 0. The number of hydrogen-bond acceptors (Lipinski definition) is 4. The number of aliphatic hydroxyl groups is 1. The quantitative estimate of drug-likeness (QED) is 0.727. The highest BCUT2D eigenvalue weighted by Crippen LogP contribution is 2.09. The minimum atomic E-state index is -0.493. The van der Waals surface area contributed by atoms with Crippen molar-refractivity contribution < 1.29 is 9.84 Å². The highest BCUT2D eigenvalue weighted by atomic mass is 16.5. The van der Waals surface area contributed by atoms with E-state index in [9.17, 15) is 5.11 Å². The van der Waals surface area contributed by atoms with Gasteiger partial charge in [0, 0.05) is 32.1 Å². The first-order valence-corrected chi connectivity index (χ1v) is 5.04. The van der Waals surface area contributed by atoms with Crippen molar-refractivity contribution in [2.45, 2.75) is 19.1 Å². The number of nitrogens with one attached hydrogen (secondary N) is 1. The molecule has 1 heterocycles. The van der Waals surface area contributed by atoms with E-state index in [-0.39, 0.29) is 6.04 Å². The molecule has 0 amide bonds. The lowest BCUT2D eigenvalue weighted by Gasteiger charge is -2.16. The van der Waals surface area contributed by atoms with Crippen LogP contribution >= 0.6 is 0 Å². The van der Waals surface area contributed by atoms with E-state index in [1.54, 1.807) is 19.5 Å². The fourth-order valence-electron chi connectivity index (χ4n) is 1.33. The summed E-state index contributed by atoms with van der Waals surface area (Å²) in [7, 11) is 1.66. The second kappa shape index (κ2) is 6.50. The average molecular weight is 210 g/mol. The van der Waals surface area contributed by atoms with Gasteiger partial charge in [-0.2, -0.15) is 0 Å². The number of nitrogens with zero attached hydrogens (tertiary/aromatic N) is 1. The van der Waals surface area contributed by atoms with Crippen LogP contribution in [0.5, 0.6) is 0 Å². The maximum absolute atomic E-state index is 9.81. The van der Waals surface area contributed by atoms with Gasteiger partial charge in [-0.15, -0.1) is 0 Å². The van der Waals surface area contributed by atoms with Crippen molar-refractivity contribution >= 4 is 0 Å². The number of hydrogen-bond donors (Lipinski definition) is 2. The summed E-state index contributed by atoms with van der Waals surface area (Å²) in [5, 5.41) is 13.0. The van der Waals surface area contributed by atoms with E-state index in [0.29, 0.717) is 13.2 Å². The summed E-state index contributed by atoms with van der Waals surface area (Å²) in [6.07, 6.45) is 2.86. The van der Waals surface area contributed by atoms with Crippen molar-refractivity contribution in [1.82, 2.24) is 10.3 Å². The first-order chi connectivity index (χ1) is 7.24. The SMILES string of the molecule is COCC(C)NCC(O)c1ccncc1. The van der Waals surface area contributed by atoms with Gasteiger partial charge in [-0.05, 0) is 24.6 Å². The van der Waals surface area contributed by atoms with Crippen molar-refractivity contribution in [1.29, 1.82) is 0 Å². The lowest BCUT2D eigenvalue weighted by Crippen LogP contribution is -2.33. The molecule has 0 fully saturated rings. The van der Waals surface area contributed by atoms with E-state index in [1.807, 2.05) is 19.1 Å². The molecule has 1 rings (SSSR count). The minimum absolute atomic E-state index is 0.242. The molecule has 0 bridgehead atoms. The van der Waals surface area contributed by atoms with E-state index >= 15 is 0 Å². The highest BCUT2D eigenvalue weighted by Gasteiger charge is 2.08. The molecular weight excluding hydrogens is 192 g/mol. The molecule has 84 valence electrons. The van der Waals surface area contributed by atoms with E-state index in [1.165, 1.54) is 0 Å². The molecule has 0 saturated carbocycles. The second-order valence-electron chi connectivity index (χ2n) is 3.56. The van der Waals surface area contributed by atoms with Crippen LogP contribution in [-0.2, 0) is 4.74 Å². The van der Waals surface area contributed by atoms with Gasteiger partial charge in [0.2, 0.25) is 0 Å². The van der Waals surface area contributed by atoms with E-state index in [0.717, 1.165) is 5.56 Å². The van der Waals surface area contributed by atoms with Gasteiger partial charge in [0.25, 0.3) is 0 Å². The number of methoxy groups -OCH3 is 1. The van der Waals surface area contributed by atoms with Crippen LogP contribution < -0.4 is 5.32 Å². The normalized spacial score (nSPS) is 14.9. The fraction of sp³-hybridized carbons (Fsp3) is 0.545. The Kier molecular flexibility index (Phi) is 5.25. The molecule has 2 N–H and O–H groups in total. The van der Waals surface area contributed by atoms with E-state index < -0.39 is 6.10 Å². The smallest absolute Gasteiger partial charge is 0.0915 e. The molecular formula is C11H18N2O2. The zero-order valence-corrected chi connectivity index (χ0v) is 9.18. The van der Waals surface area contributed by atoms with Crippen LogP contribution in [0.2, 0.25) is 0 Å². The summed E-state index contributed by atoms with van der Waals surface area (Å²) < 4.78 is 4.99. The molecule has 0 spiro atoms. The summed E-state index contributed by atoms with van der Waals surface area (Å²) in [6, 6.07) is 3.87. The lowest BCUT2D eigenvalue weighted by molar-refractivity contribution is 0.143. The molecule has 1 aromatic heterocycles. The third-order valence-electron chi connectivity index (χ3n) is 2.17. The standard InChI is InChI=1S/C11H18N2O2/c1-9(8-15-2)13-7-11(14)10-3-5-12-6-4-10/h3-6,9,11,13-14H,7-8H2,1-2H3. The topological polar surface area (TPSA) is 54.4 Å². The third-order valence-corrected chi connectivity index (χ3v) is 2.17. The van der Waals surface area contributed by atoms with Gasteiger partial charge in [0.15, 0.2) is 0 Å². The van der Waals surface area contributed by atoms with Gasteiger partial charge >= 0.3 is 0 Å². The Morgan fingerprint density at radius 2 is 2.13 bits per heavy atom.